The molecule has 0 N–H and O–H groups in total. The molecule has 3 rings (SSSR count). The van der Waals surface area contributed by atoms with Gasteiger partial charge in [-0.15, -0.1) is 0 Å². The second-order valence-electron chi connectivity index (χ2n) is 5.41. The van der Waals surface area contributed by atoms with E-state index in [9.17, 15) is 4.79 Å². The lowest BCUT2D eigenvalue weighted by Gasteiger charge is -2.08. The van der Waals surface area contributed by atoms with E-state index in [4.69, 9.17) is 9.15 Å². The summed E-state index contributed by atoms with van der Waals surface area (Å²) in [5.41, 5.74) is 2.75. The van der Waals surface area contributed by atoms with Crippen LogP contribution in [0.15, 0.2) is 57.7 Å². The number of hydrogen-bond acceptors (Lipinski definition) is 3. The van der Waals surface area contributed by atoms with Crippen molar-refractivity contribution in [1.82, 2.24) is 0 Å². The maximum atomic E-state index is 12.3. The highest BCUT2D eigenvalue weighted by atomic mass is 79.9. The second kappa shape index (κ2) is 7.01. The molecule has 1 aromatic heterocycles. The summed E-state index contributed by atoms with van der Waals surface area (Å²) in [6.45, 7) is 2.66. The van der Waals surface area contributed by atoms with Crippen LogP contribution in [-0.2, 0) is 0 Å². The first-order valence-electron chi connectivity index (χ1n) is 7.51. The molecular weight excluding hydrogens is 356 g/mol. The molecule has 0 aliphatic carbocycles. The van der Waals surface area contributed by atoms with Crippen LogP contribution in [0, 0.1) is 6.92 Å². The fourth-order valence-corrected chi connectivity index (χ4v) is 2.67. The quantitative estimate of drug-likeness (QED) is 0.362. The summed E-state index contributed by atoms with van der Waals surface area (Å²) >= 11 is 3.38. The number of rotatable bonds is 5. The Kier molecular flexibility index (Phi) is 4.82. The Morgan fingerprint density at radius 2 is 2.00 bits per heavy atom. The molecule has 0 radical (unpaired) electrons. The van der Waals surface area contributed by atoms with Crippen molar-refractivity contribution in [2.75, 3.05) is 11.9 Å². The van der Waals surface area contributed by atoms with Gasteiger partial charge in [0.15, 0.2) is 0 Å². The zero-order chi connectivity index (χ0) is 16.2. The molecule has 0 saturated heterocycles. The predicted molar refractivity (Wildman–Crippen MR) is 96.6 cm³/mol. The molecule has 4 heteroatoms. The summed E-state index contributed by atoms with van der Waals surface area (Å²) in [5, 5.41) is 1.82. The lowest BCUT2D eigenvalue weighted by atomic mass is 10.0. The third-order valence-corrected chi connectivity index (χ3v) is 4.14. The molecule has 0 fully saturated rings. The van der Waals surface area contributed by atoms with Gasteiger partial charge in [0.2, 0.25) is 0 Å². The lowest BCUT2D eigenvalue weighted by molar-refractivity contribution is 0.319. The van der Waals surface area contributed by atoms with E-state index in [1.54, 1.807) is 0 Å². The molecule has 0 bridgehead atoms. The molecule has 0 unspecified atom stereocenters. The van der Waals surface area contributed by atoms with Gasteiger partial charge in [-0.3, -0.25) is 0 Å². The van der Waals surface area contributed by atoms with Crippen LogP contribution < -0.4 is 10.4 Å². The molecule has 2 aromatic carbocycles. The first kappa shape index (κ1) is 15.8. The van der Waals surface area contributed by atoms with Crippen LogP contribution in [0.2, 0.25) is 0 Å². The number of ether oxygens (including phenoxy) is 1. The van der Waals surface area contributed by atoms with E-state index in [-0.39, 0.29) is 5.63 Å². The minimum absolute atomic E-state index is 0.334. The van der Waals surface area contributed by atoms with Crippen molar-refractivity contribution in [1.29, 1.82) is 0 Å². The van der Waals surface area contributed by atoms with Crippen molar-refractivity contribution in [2.24, 2.45) is 0 Å². The van der Waals surface area contributed by atoms with Gasteiger partial charge in [-0.2, -0.15) is 0 Å². The van der Waals surface area contributed by atoms with Crippen molar-refractivity contribution in [2.45, 2.75) is 13.3 Å². The molecule has 0 amide bonds. The summed E-state index contributed by atoms with van der Waals surface area (Å²) in [7, 11) is 0. The number of aryl methyl sites for hydroxylation is 1. The first-order chi connectivity index (χ1) is 11.2. The van der Waals surface area contributed by atoms with Gasteiger partial charge in [0, 0.05) is 10.7 Å². The smallest absolute Gasteiger partial charge is 0.344 e. The fourth-order valence-electron chi connectivity index (χ4n) is 2.44. The van der Waals surface area contributed by atoms with Crippen LogP contribution in [0.5, 0.6) is 5.75 Å². The third kappa shape index (κ3) is 3.64. The normalized spacial score (nSPS) is 10.9. The van der Waals surface area contributed by atoms with Gasteiger partial charge in [0.25, 0.3) is 0 Å². The standard InChI is InChI=1S/C19H17BrO3/c1-13-6-7-18-15(10-13)12-17(19(21)23-18)14-4-2-5-16(11-14)22-9-3-8-20/h2,4-7,10-12H,3,8-9H2,1H3. The molecule has 0 atom stereocenters. The van der Waals surface area contributed by atoms with Gasteiger partial charge in [-0.25, -0.2) is 4.79 Å². The summed E-state index contributed by atoms with van der Waals surface area (Å²) in [6.07, 6.45) is 0.932. The molecule has 0 aliphatic heterocycles. The number of alkyl halides is 1. The van der Waals surface area contributed by atoms with Gasteiger partial charge >= 0.3 is 5.63 Å². The second-order valence-corrected chi connectivity index (χ2v) is 6.20. The molecular formula is C19H17BrO3. The zero-order valence-electron chi connectivity index (χ0n) is 12.8. The minimum Gasteiger partial charge on any atom is -0.494 e. The van der Waals surface area contributed by atoms with E-state index in [1.807, 2.05) is 55.5 Å². The highest BCUT2D eigenvalue weighted by Crippen LogP contribution is 2.25. The molecule has 0 aliphatic rings. The Bertz CT molecular complexity index is 883. The maximum absolute atomic E-state index is 12.3. The third-order valence-electron chi connectivity index (χ3n) is 3.58. The Hall–Kier alpha value is -2.07. The van der Waals surface area contributed by atoms with E-state index in [2.05, 4.69) is 15.9 Å². The number of hydrogen-bond donors (Lipinski definition) is 0. The SMILES string of the molecule is Cc1ccc2oc(=O)c(-c3cccc(OCCCBr)c3)cc2c1. The molecule has 1 heterocycles. The highest BCUT2D eigenvalue weighted by molar-refractivity contribution is 9.09. The summed E-state index contributed by atoms with van der Waals surface area (Å²) in [5.74, 6) is 0.757. The molecule has 0 spiro atoms. The molecule has 3 aromatic rings. The Morgan fingerprint density at radius 3 is 2.83 bits per heavy atom. The molecule has 3 nitrogen and oxygen atoms in total. The van der Waals surface area contributed by atoms with Gasteiger partial charge in [0.05, 0.1) is 12.2 Å². The number of fused-ring (bicyclic) bond motifs is 1. The topological polar surface area (TPSA) is 39.4 Å². The average Bonchev–Trinajstić information content (AvgIpc) is 2.55. The average molecular weight is 373 g/mol. The fraction of sp³-hybridized carbons (Fsp3) is 0.211. The van der Waals surface area contributed by atoms with Crippen LogP contribution in [0.1, 0.15) is 12.0 Å². The van der Waals surface area contributed by atoms with Crippen molar-refractivity contribution in [3.63, 3.8) is 0 Å². The Morgan fingerprint density at radius 1 is 1.13 bits per heavy atom. The highest BCUT2D eigenvalue weighted by Gasteiger charge is 2.09. The number of halogens is 1. The van der Waals surface area contributed by atoms with Crippen LogP contribution in [0.25, 0.3) is 22.1 Å². The summed E-state index contributed by atoms with van der Waals surface area (Å²) < 4.78 is 11.1. The Balaban J connectivity index is 2.00. The van der Waals surface area contributed by atoms with Crippen LogP contribution in [0.3, 0.4) is 0 Å². The molecule has 0 saturated carbocycles. The lowest BCUT2D eigenvalue weighted by Crippen LogP contribution is -2.03. The monoisotopic (exact) mass is 372 g/mol. The van der Waals surface area contributed by atoms with Gasteiger partial charge in [-0.05, 0) is 49.2 Å². The van der Waals surface area contributed by atoms with Crippen molar-refractivity contribution < 1.29 is 9.15 Å². The van der Waals surface area contributed by atoms with E-state index >= 15 is 0 Å². The van der Waals surface area contributed by atoms with Gasteiger partial charge in [-0.1, -0.05) is 39.7 Å². The predicted octanol–water partition coefficient (Wildman–Crippen LogP) is 4.93. The van der Waals surface area contributed by atoms with Gasteiger partial charge in [0.1, 0.15) is 11.3 Å². The Labute approximate surface area is 143 Å². The van der Waals surface area contributed by atoms with E-state index in [1.165, 1.54) is 0 Å². The maximum Gasteiger partial charge on any atom is 0.344 e. The largest absolute Gasteiger partial charge is 0.494 e. The van der Waals surface area contributed by atoms with Crippen molar-refractivity contribution >= 4 is 26.9 Å². The van der Waals surface area contributed by atoms with Crippen molar-refractivity contribution in [3.05, 3.63) is 64.5 Å². The van der Waals surface area contributed by atoms with Crippen LogP contribution >= 0.6 is 15.9 Å². The van der Waals surface area contributed by atoms with Crippen LogP contribution in [-0.4, -0.2) is 11.9 Å². The molecule has 23 heavy (non-hydrogen) atoms. The first-order valence-corrected chi connectivity index (χ1v) is 8.63. The van der Waals surface area contributed by atoms with Crippen LogP contribution in [0.4, 0.5) is 0 Å². The summed E-state index contributed by atoms with van der Waals surface area (Å²) in [6, 6.07) is 15.2. The van der Waals surface area contributed by atoms with E-state index < -0.39 is 0 Å². The number of benzene rings is 2. The zero-order valence-corrected chi connectivity index (χ0v) is 14.4. The van der Waals surface area contributed by atoms with E-state index in [0.29, 0.717) is 17.8 Å². The molecule has 118 valence electrons. The summed E-state index contributed by atoms with van der Waals surface area (Å²) in [4.78, 5) is 12.3. The van der Waals surface area contributed by atoms with E-state index in [0.717, 1.165) is 34.0 Å². The minimum atomic E-state index is -0.334. The van der Waals surface area contributed by atoms with Crippen molar-refractivity contribution in [3.8, 4) is 16.9 Å². The van der Waals surface area contributed by atoms with Gasteiger partial charge < -0.3 is 9.15 Å².